The Morgan fingerprint density at radius 2 is 1.80 bits per heavy atom. The van der Waals surface area contributed by atoms with E-state index >= 15 is 0 Å². The van der Waals surface area contributed by atoms with E-state index in [1.54, 1.807) is 49.6 Å². The van der Waals surface area contributed by atoms with E-state index in [2.05, 4.69) is 22.5 Å². The summed E-state index contributed by atoms with van der Waals surface area (Å²) in [6.07, 6.45) is 0. The minimum Gasteiger partial charge on any atom is -0.497 e. The molecule has 0 bridgehead atoms. The predicted octanol–water partition coefficient (Wildman–Crippen LogP) is 4.70. The van der Waals surface area contributed by atoms with Gasteiger partial charge in [0.25, 0.3) is 5.91 Å². The van der Waals surface area contributed by atoms with Crippen molar-refractivity contribution in [3.8, 4) is 17.2 Å². The van der Waals surface area contributed by atoms with Crippen molar-refractivity contribution < 1.29 is 23.8 Å². The van der Waals surface area contributed by atoms with E-state index in [1.807, 2.05) is 31.2 Å². The predicted molar refractivity (Wildman–Crippen MR) is 134 cm³/mol. The Balaban J connectivity index is 1.43. The minimum absolute atomic E-state index is 0.00500. The van der Waals surface area contributed by atoms with Crippen molar-refractivity contribution >= 4 is 23.2 Å². The lowest BCUT2D eigenvalue weighted by atomic mass is 10.1. The second-order valence-corrected chi connectivity index (χ2v) is 8.13. The third-order valence-corrected chi connectivity index (χ3v) is 5.95. The fourth-order valence-corrected chi connectivity index (χ4v) is 3.97. The van der Waals surface area contributed by atoms with Gasteiger partial charge in [-0.2, -0.15) is 0 Å². The van der Waals surface area contributed by atoms with Crippen LogP contribution in [-0.4, -0.2) is 43.7 Å². The van der Waals surface area contributed by atoms with Gasteiger partial charge in [0.05, 0.1) is 24.9 Å². The number of carbonyl (C=O) groups is 2. The Hall–Kier alpha value is -4.04. The lowest BCUT2D eigenvalue weighted by Crippen LogP contribution is -2.35. The van der Waals surface area contributed by atoms with Gasteiger partial charge in [0.1, 0.15) is 5.75 Å². The summed E-state index contributed by atoms with van der Waals surface area (Å²) >= 11 is 0. The third-order valence-electron chi connectivity index (χ3n) is 5.95. The van der Waals surface area contributed by atoms with Crippen LogP contribution < -0.4 is 24.8 Å². The molecule has 0 aromatic heterocycles. The number of hydrogen-bond donors (Lipinski definition) is 2. The van der Waals surface area contributed by atoms with Crippen LogP contribution in [0.1, 0.15) is 35.8 Å². The zero-order valence-electron chi connectivity index (χ0n) is 20.0. The molecule has 1 aliphatic heterocycles. The molecule has 4 rings (SSSR count). The van der Waals surface area contributed by atoms with E-state index in [9.17, 15) is 9.59 Å². The maximum absolute atomic E-state index is 13.0. The van der Waals surface area contributed by atoms with Gasteiger partial charge in [-0.1, -0.05) is 31.2 Å². The maximum atomic E-state index is 13.0. The molecule has 182 valence electrons. The second kappa shape index (κ2) is 10.9. The van der Waals surface area contributed by atoms with Crippen LogP contribution in [-0.2, 0) is 4.79 Å². The molecule has 1 unspecified atom stereocenters. The zero-order valence-corrected chi connectivity index (χ0v) is 20.0. The van der Waals surface area contributed by atoms with Crippen LogP contribution >= 0.6 is 0 Å². The van der Waals surface area contributed by atoms with E-state index in [4.69, 9.17) is 14.2 Å². The summed E-state index contributed by atoms with van der Waals surface area (Å²) in [5.41, 5.74) is 2.44. The molecule has 3 aromatic carbocycles. The highest BCUT2D eigenvalue weighted by Crippen LogP contribution is 2.34. The standard InChI is InChI=1S/C27H29N3O5/c1-4-30(18(2)19-8-7-9-21(14-19)33-3)16-26(31)29-23-11-6-5-10-22(23)27(32)28-20-12-13-24-25(15-20)35-17-34-24/h5-15,18H,4,16-17H2,1-3H3,(H,28,32)(H,29,31). The number of nitrogens with one attached hydrogen (secondary N) is 2. The molecule has 2 N–H and O–H groups in total. The smallest absolute Gasteiger partial charge is 0.257 e. The molecular weight excluding hydrogens is 446 g/mol. The Labute approximate surface area is 204 Å². The van der Waals surface area contributed by atoms with Gasteiger partial charge in [-0.05, 0) is 55.4 Å². The van der Waals surface area contributed by atoms with Crippen LogP contribution in [0, 0.1) is 0 Å². The quantitative estimate of drug-likeness (QED) is 0.467. The van der Waals surface area contributed by atoms with Crippen LogP contribution in [0.15, 0.2) is 66.7 Å². The minimum atomic E-state index is -0.336. The summed E-state index contributed by atoms with van der Waals surface area (Å²) in [5.74, 6) is 1.45. The fraction of sp³-hybridized carbons (Fsp3) is 0.259. The van der Waals surface area contributed by atoms with Crippen LogP contribution in [0.2, 0.25) is 0 Å². The molecule has 35 heavy (non-hydrogen) atoms. The number of carbonyl (C=O) groups excluding carboxylic acids is 2. The first kappa shape index (κ1) is 24.1. The van der Waals surface area contributed by atoms with Gasteiger partial charge in [-0.25, -0.2) is 0 Å². The highest BCUT2D eigenvalue weighted by molar-refractivity contribution is 6.10. The number of hydrogen-bond acceptors (Lipinski definition) is 6. The SMILES string of the molecule is CCN(CC(=O)Nc1ccccc1C(=O)Nc1ccc2c(c1)OCO2)C(C)c1cccc(OC)c1. The lowest BCUT2D eigenvalue weighted by molar-refractivity contribution is -0.117. The van der Waals surface area contributed by atoms with Crippen molar-refractivity contribution in [3.63, 3.8) is 0 Å². The summed E-state index contributed by atoms with van der Waals surface area (Å²) in [6.45, 7) is 5.08. The molecule has 1 heterocycles. The van der Waals surface area contributed by atoms with Crippen molar-refractivity contribution in [3.05, 3.63) is 77.9 Å². The number of para-hydroxylation sites is 1. The van der Waals surface area contributed by atoms with Gasteiger partial charge in [0.15, 0.2) is 11.5 Å². The highest BCUT2D eigenvalue weighted by atomic mass is 16.7. The van der Waals surface area contributed by atoms with Gasteiger partial charge in [0.2, 0.25) is 12.7 Å². The van der Waals surface area contributed by atoms with E-state index < -0.39 is 0 Å². The Kier molecular flexibility index (Phi) is 7.52. The van der Waals surface area contributed by atoms with E-state index in [0.29, 0.717) is 35.0 Å². The van der Waals surface area contributed by atoms with Crippen LogP contribution in [0.4, 0.5) is 11.4 Å². The Morgan fingerprint density at radius 3 is 2.60 bits per heavy atom. The second-order valence-electron chi connectivity index (χ2n) is 8.13. The molecule has 1 aliphatic rings. The average Bonchev–Trinajstić information content (AvgIpc) is 3.35. The molecule has 0 fully saturated rings. The van der Waals surface area contributed by atoms with Crippen molar-refractivity contribution in [2.24, 2.45) is 0 Å². The number of rotatable bonds is 9. The highest BCUT2D eigenvalue weighted by Gasteiger charge is 2.20. The van der Waals surface area contributed by atoms with E-state index in [-0.39, 0.29) is 31.2 Å². The summed E-state index contributed by atoms with van der Waals surface area (Å²) in [5, 5.41) is 5.76. The van der Waals surface area contributed by atoms with Crippen molar-refractivity contribution in [1.82, 2.24) is 4.90 Å². The fourth-order valence-electron chi connectivity index (χ4n) is 3.97. The van der Waals surface area contributed by atoms with Gasteiger partial charge in [-0.15, -0.1) is 0 Å². The molecule has 0 spiro atoms. The molecule has 1 atom stereocenters. The molecule has 8 nitrogen and oxygen atoms in total. The first-order valence-electron chi connectivity index (χ1n) is 11.5. The van der Waals surface area contributed by atoms with E-state index in [0.717, 1.165) is 11.3 Å². The first-order valence-corrected chi connectivity index (χ1v) is 11.5. The summed E-state index contributed by atoms with van der Waals surface area (Å²) in [4.78, 5) is 28.0. The average molecular weight is 476 g/mol. The molecule has 8 heteroatoms. The van der Waals surface area contributed by atoms with Gasteiger partial charge in [-0.3, -0.25) is 14.5 Å². The number of methoxy groups -OCH3 is 1. The monoisotopic (exact) mass is 475 g/mol. The molecule has 0 saturated carbocycles. The van der Waals surface area contributed by atoms with Gasteiger partial charge < -0.3 is 24.8 Å². The number of ether oxygens (including phenoxy) is 3. The molecule has 3 aromatic rings. The third kappa shape index (κ3) is 5.73. The number of amides is 2. The van der Waals surface area contributed by atoms with Crippen LogP contribution in [0.3, 0.4) is 0 Å². The topological polar surface area (TPSA) is 89.1 Å². The van der Waals surface area contributed by atoms with Crippen molar-refractivity contribution in [2.75, 3.05) is 37.6 Å². The zero-order chi connectivity index (χ0) is 24.8. The largest absolute Gasteiger partial charge is 0.497 e. The van der Waals surface area contributed by atoms with Crippen molar-refractivity contribution in [1.29, 1.82) is 0 Å². The molecule has 0 aliphatic carbocycles. The van der Waals surface area contributed by atoms with Crippen molar-refractivity contribution in [2.45, 2.75) is 19.9 Å². The summed E-state index contributed by atoms with van der Waals surface area (Å²) in [7, 11) is 1.63. The summed E-state index contributed by atoms with van der Waals surface area (Å²) in [6, 6.07) is 20.0. The van der Waals surface area contributed by atoms with E-state index in [1.165, 1.54) is 0 Å². The lowest BCUT2D eigenvalue weighted by Gasteiger charge is -2.28. The number of fused-ring (bicyclic) bond motifs is 1. The van der Waals surface area contributed by atoms with Gasteiger partial charge >= 0.3 is 0 Å². The summed E-state index contributed by atoms with van der Waals surface area (Å²) < 4.78 is 16.0. The normalized spacial score (nSPS) is 12.8. The Morgan fingerprint density at radius 1 is 1.00 bits per heavy atom. The van der Waals surface area contributed by atoms with Crippen LogP contribution in [0.25, 0.3) is 0 Å². The molecule has 2 amide bonds. The maximum Gasteiger partial charge on any atom is 0.257 e. The number of likely N-dealkylation sites (N-methyl/N-ethyl adjacent to an activating group) is 1. The molecular formula is C27H29N3O5. The Bertz CT molecular complexity index is 1210. The van der Waals surface area contributed by atoms with Crippen LogP contribution in [0.5, 0.6) is 17.2 Å². The molecule has 0 saturated heterocycles. The molecule has 0 radical (unpaired) electrons. The number of nitrogens with zero attached hydrogens (tertiary/aromatic N) is 1. The number of benzene rings is 3. The number of anilines is 2. The van der Waals surface area contributed by atoms with Gasteiger partial charge in [0, 0.05) is 17.8 Å². The first-order chi connectivity index (χ1) is 17.0.